The molecule has 1 unspecified atom stereocenters. The molecule has 0 saturated carbocycles. The Morgan fingerprint density at radius 2 is 2.04 bits per heavy atom. The van der Waals surface area contributed by atoms with Gasteiger partial charge in [-0.15, -0.1) is 0 Å². The lowest BCUT2D eigenvalue weighted by molar-refractivity contribution is -0.386. The van der Waals surface area contributed by atoms with E-state index in [1.165, 1.54) is 0 Å². The maximum Gasteiger partial charge on any atom is 0.334 e. The largest absolute Gasteiger partial charge is 0.497 e. The van der Waals surface area contributed by atoms with Gasteiger partial charge in [0.2, 0.25) is 5.76 Å². The fourth-order valence-corrected chi connectivity index (χ4v) is 3.59. The van der Waals surface area contributed by atoms with E-state index >= 15 is 0 Å². The monoisotopic (exact) mass is 377 g/mol. The van der Waals surface area contributed by atoms with Crippen molar-refractivity contribution in [2.45, 2.75) is 19.3 Å². The Bertz CT molecular complexity index is 1130. The van der Waals surface area contributed by atoms with E-state index in [0.29, 0.717) is 6.42 Å². The number of hydrogen-bond acceptors (Lipinski definition) is 5. The molecule has 4 rings (SSSR count). The summed E-state index contributed by atoms with van der Waals surface area (Å²) >= 11 is 0. The molecule has 2 aromatic heterocycles. The van der Waals surface area contributed by atoms with Gasteiger partial charge in [0.05, 0.1) is 12.0 Å². The van der Waals surface area contributed by atoms with Gasteiger partial charge in [-0.2, -0.15) is 0 Å². The van der Waals surface area contributed by atoms with Crippen molar-refractivity contribution in [3.8, 4) is 5.75 Å². The van der Waals surface area contributed by atoms with Crippen LogP contribution in [0.3, 0.4) is 0 Å². The number of H-pyrrole nitrogens is 1. The van der Waals surface area contributed by atoms with Gasteiger partial charge >= 0.3 is 5.69 Å². The topological polar surface area (TPSA) is 94.2 Å². The number of ether oxygens (including phenoxy) is 1. The molecule has 0 aliphatic carbocycles. The first kappa shape index (κ1) is 17.8. The predicted octanol–water partition coefficient (Wildman–Crippen LogP) is 4.76. The molecule has 0 fully saturated rings. The first-order chi connectivity index (χ1) is 13.6. The number of rotatable bonds is 6. The highest BCUT2D eigenvalue weighted by Crippen LogP contribution is 2.37. The van der Waals surface area contributed by atoms with Crippen LogP contribution in [0.25, 0.3) is 10.9 Å². The van der Waals surface area contributed by atoms with Crippen molar-refractivity contribution in [2.75, 3.05) is 7.11 Å². The second-order valence-corrected chi connectivity index (χ2v) is 6.62. The van der Waals surface area contributed by atoms with Gasteiger partial charge in [-0.3, -0.25) is 10.1 Å². The summed E-state index contributed by atoms with van der Waals surface area (Å²) in [5, 5.41) is 16.3. The summed E-state index contributed by atoms with van der Waals surface area (Å²) in [5.74, 6) is 0.878. The second-order valence-electron chi connectivity index (χ2n) is 6.62. The van der Waals surface area contributed by atoms with Gasteiger partial charge in [-0.05, 0) is 36.2 Å². The average molecular weight is 377 g/mol. The standard InChI is InChI=1S/C21H19N3O4/c1-13-21(24(25)26)20(28-23-13)11-16(14-6-4-3-5-7-14)18-12-22-19-9-8-15(27-2)10-17(18)19/h3-10,12,16,22H,11H2,1-2H3. The van der Waals surface area contributed by atoms with Crippen LogP contribution in [0, 0.1) is 17.0 Å². The number of nitro groups is 1. The molecule has 142 valence electrons. The van der Waals surface area contributed by atoms with Crippen LogP contribution in [-0.4, -0.2) is 22.2 Å². The van der Waals surface area contributed by atoms with Crippen LogP contribution in [0.2, 0.25) is 0 Å². The summed E-state index contributed by atoms with van der Waals surface area (Å²) in [6.07, 6.45) is 2.27. The SMILES string of the molecule is COc1ccc2[nH]cc(C(Cc3onc(C)c3[N+](=O)[O-])c3ccccc3)c2c1. The van der Waals surface area contributed by atoms with Crippen molar-refractivity contribution in [3.63, 3.8) is 0 Å². The number of methoxy groups -OCH3 is 1. The maximum atomic E-state index is 11.5. The summed E-state index contributed by atoms with van der Waals surface area (Å²) in [5.41, 5.74) is 3.25. The molecule has 2 heterocycles. The molecular formula is C21H19N3O4. The molecule has 2 aromatic carbocycles. The van der Waals surface area contributed by atoms with E-state index in [1.54, 1.807) is 14.0 Å². The minimum absolute atomic E-state index is 0.0571. The van der Waals surface area contributed by atoms with E-state index in [9.17, 15) is 10.1 Å². The molecule has 0 amide bonds. The fraction of sp³-hybridized carbons (Fsp3) is 0.190. The van der Waals surface area contributed by atoms with Gasteiger partial charge in [0.15, 0.2) is 5.69 Å². The molecule has 28 heavy (non-hydrogen) atoms. The molecule has 0 saturated heterocycles. The van der Waals surface area contributed by atoms with Crippen molar-refractivity contribution >= 4 is 16.6 Å². The summed E-state index contributed by atoms with van der Waals surface area (Å²) in [6.45, 7) is 1.58. The van der Waals surface area contributed by atoms with Crippen LogP contribution in [0.5, 0.6) is 5.75 Å². The molecule has 1 N–H and O–H groups in total. The minimum atomic E-state index is -0.429. The first-order valence-corrected chi connectivity index (χ1v) is 8.88. The molecule has 7 heteroatoms. The number of nitrogens with one attached hydrogen (secondary N) is 1. The van der Waals surface area contributed by atoms with Crippen molar-refractivity contribution in [1.82, 2.24) is 10.1 Å². The number of nitrogens with zero attached hydrogens (tertiary/aromatic N) is 2. The predicted molar refractivity (Wildman–Crippen MR) is 105 cm³/mol. The Kier molecular flexibility index (Phi) is 4.57. The number of benzene rings is 2. The molecule has 0 bridgehead atoms. The van der Waals surface area contributed by atoms with Crippen LogP contribution in [-0.2, 0) is 6.42 Å². The third-order valence-corrected chi connectivity index (χ3v) is 4.97. The van der Waals surface area contributed by atoms with Crippen LogP contribution in [0.1, 0.15) is 28.5 Å². The normalized spacial score (nSPS) is 12.2. The third-order valence-electron chi connectivity index (χ3n) is 4.97. The van der Waals surface area contributed by atoms with Crippen LogP contribution in [0.4, 0.5) is 5.69 Å². The average Bonchev–Trinajstić information content (AvgIpc) is 3.29. The Labute approximate surface area is 161 Å². The smallest absolute Gasteiger partial charge is 0.334 e. The van der Waals surface area contributed by atoms with Gasteiger partial charge in [-0.1, -0.05) is 35.5 Å². The van der Waals surface area contributed by atoms with E-state index in [1.807, 2.05) is 54.7 Å². The van der Waals surface area contributed by atoms with E-state index in [4.69, 9.17) is 9.26 Å². The maximum absolute atomic E-state index is 11.5. The van der Waals surface area contributed by atoms with Gasteiger partial charge in [0.1, 0.15) is 5.75 Å². The zero-order chi connectivity index (χ0) is 19.7. The van der Waals surface area contributed by atoms with Crippen LogP contribution in [0.15, 0.2) is 59.3 Å². The second kappa shape index (κ2) is 7.19. The summed E-state index contributed by atoms with van der Waals surface area (Å²) < 4.78 is 10.7. The molecule has 0 spiro atoms. The number of aryl methyl sites for hydroxylation is 1. The first-order valence-electron chi connectivity index (χ1n) is 8.88. The number of fused-ring (bicyclic) bond motifs is 1. The van der Waals surface area contributed by atoms with E-state index in [2.05, 4.69) is 10.1 Å². The summed E-state index contributed by atoms with van der Waals surface area (Å²) in [4.78, 5) is 14.3. The fourth-order valence-electron chi connectivity index (χ4n) is 3.59. The highest BCUT2D eigenvalue weighted by atomic mass is 16.6. The van der Waals surface area contributed by atoms with Crippen molar-refractivity contribution in [1.29, 1.82) is 0 Å². The number of aromatic amines is 1. The van der Waals surface area contributed by atoms with Gasteiger partial charge < -0.3 is 14.2 Å². The zero-order valence-corrected chi connectivity index (χ0v) is 15.5. The molecule has 0 aliphatic heterocycles. The van der Waals surface area contributed by atoms with Crippen molar-refractivity contribution in [2.24, 2.45) is 0 Å². The van der Waals surface area contributed by atoms with E-state index in [0.717, 1.165) is 27.8 Å². The van der Waals surface area contributed by atoms with E-state index < -0.39 is 4.92 Å². The molecule has 0 radical (unpaired) electrons. The lowest BCUT2D eigenvalue weighted by Crippen LogP contribution is -2.06. The van der Waals surface area contributed by atoms with E-state index in [-0.39, 0.29) is 23.1 Å². The van der Waals surface area contributed by atoms with Crippen molar-refractivity contribution in [3.05, 3.63) is 87.4 Å². The Hall–Kier alpha value is -3.61. The quantitative estimate of drug-likeness (QED) is 0.386. The lowest BCUT2D eigenvalue weighted by Gasteiger charge is -2.16. The van der Waals surface area contributed by atoms with Crippen LogP contribution >= 0.6 is 0 Å². The van der Waals surface area contributed by atoms with Crippen molar-refractivity contribution < 1.29 is 14.2 Å². The third kappa shape index (κ3) is 3.11. The lowest BCUT2D eigenvalue weighted by atomic mass is 9.87. The Morgan fingerprint density at radius 3 is 2.75 bits per heavy atom. The molecule has 4 aromatic rings. The Morgan fingerprint density at radius 1 is 1.25 bits per heavy atom. The zero-order valence-electron chi connectivity index (χ0n) is 15.5. The minimum Gasteiger partial charge on any atom is -0.497 e. The molecule has 1 atom stereocenters. The van der Waals surface area contributed by atoms with Crippen LogP contribution < -0.4 is 4.74 Å². The molecular weight excluding hydrogens is 358 g/mol. The summed E-state index contributed by atoms with van der Waals surface area (Å²) in [7, 11) is 1.63. The van der Waals surface area contributed by atoms with Gasteiger partial charge in [0.25, 0.3) is 0 Å². The van der Waals surface area contributed by atoms with Gasteiger partial charge in [-0.25, -0.2) is 0 Å². The molecule has 0 aliphatic rings. The Balaban J connectivity index is 1.85. The molecule has 7 nitrogen and oxygen atoms in total. The van der Waals surface area contributed by atoms with Gasteiger partial charge in [0, 0.05) is 29.4 Å². The summed E-state index contributed by atoms with van der Waals surface area (Å²) in [6, 6.07) is 15.7. The number of aromatic nitrogens is 2. The highest BCUT2D eigenvalue weighted by molar-refractivity contribution is 5.85. The highest BCUT2D eigenvalue weighted by Gasteiger charge is 2.29. The number of hydrogen-bond donors (Lipinski definition) is 1.